The third kappa shape index (κ3) is 33.5. The van der Waals surface area contributed by atoms with Gasteiger partial charge in [-0.1, -0.05) is 27.7 Å². The quantitative estimate of drug-likeness (QED) is 0.105. The maximum Gasteiger partial charge on any atom is 0.137 e. The largest absolute Gasteiger partial charge is 0.379 e. The molecule has 0 heterocycles. The number of ketones is 1. The zero-order chi connectivity index (χ0) is 29.4. The first kappa shape index (κ1) is 39.3. The molecule has 0 aliphatic carbocycles. The number of hydrogen-bond acceptors (Lipinski definition) is 11. The zero-order valence-corrected chi connectivity index (χ0v) is 25.7. The van der Waals surface area contributed by atoms with Crippen molar-refractivity contribution in [3.05, 3.63) is 0 Å². The van der Waals surface area contributed by atoms with Crippen LogP contribution in [0.2, 0.25) is 0 Å². The first-order valence-corrected chi connectivity index (χ1v) is 14.8. The molecule has 0 aromatic heterocycles. The lowest BCUT2D eigenvalue weighted by Gasteiger charge is -2.09. The summed E-state index contributed by atoms with van der Waals surface area (Å²) >= 11 is 0. The maximum absolute atomic E-state index is 11.5. The second-order valence-corrected chi connectivity index (χ2v) is 9.68. The minimum atomic E-state index is 0.0640. The summed E-state index contributed by atoms with van der Waals surface area (Å²) in [5.41, 5.74) is 0. The summed E-state index contributed by atoms with van der Waals surface area (Å²) in [6.45, 7) is 18.9. The van der Waals surface area contributed by atoms with Crippen molar-refractivity contribution in [3.63, 3.8) is 0 Å². The van der Waals surface area contributed by atoms with Gasteiger partial charge in [0.15, 0.2) is 0 Å². The van der Waals surface area contributed by atoms with Crippen molar-refractivity contribution in [2.24, 2.45) is 11.8 Å². The van der Waals surface area contributed by atoms with Crippen molar-refractivity contribution >= 4 is 5.78 Å². The molecule has 0 unspecified atom stereocenters. The van der Waals surface area contributed by atoms with Gasteiger partial charge in [0.1, 0.15) is 5.78 Å². The van der Waals surface area contributed by atoms with Crippen molar-refractivity contribution in [2.45, 2.75) is 40.5 Å². The van der Waals surface area contributed by atoms with Crippen LogP contribution < -0.4 is 0 Å². The average Bonchev–Trinajstić information content (AvgIpc) is 2.93. The number of ether oxygens (including phenoxy) is 10. The van der Waals surface area contributed by atoms with Crippen LogP contribution in [0.3, 0.4) is 0 Å². The Morgan fingerprint density at radius 3 is 0.825 bits per heavy atom. The SMILES string of the molecule is CC(C)CCOCCOCCOCCOCCOCCOCCOCCOCCOCCOCCC(=O)C(C)C. The van der Waals surface area contributed by atoms with Crippen molar-refractivity contribution in [1.82, 2.24) is 0 Å². The van der Waals surface area contributed by atoms with Crippen LogP contribution in [0.1, 0.15) is 40.5 Å². The van der Waals surface area contributed by atoms with E-state index in [1.165, 1.54) is 0 Å². The Labute approximate surface area is 242 Å². The Kier molecular flexibility index (Phi) is 32.2. The van der Waals surface area contributed by atoms with Crippen LogP contribution in [0.15, 0.2) is 0 Å². The number of rotatable bonds is 34. The summed E-state index contributed by atoms with van der Waals surface area (Å²) in [6.07, 6.45) is 1.54. The van der Waals surface area contributed by atoms with E-state index >= 15 is 0 Å². The third-order valence-electron chi connectivity index (χ3n) is 5.32. The van der Waals surface area contributed by atoms with Gasteiger partial charge in [-0.2, -0.15) is 0 Å². The van der Waals surface area contributed by atoms with E-state index in [2.05, 4.69) is 13.8 Å². The standard InChI is InChI=1S/C29H58O11/c1-27(2)5-7-31-9-11-33-13-15-35-17-19-37-21-23-39-25-26-40-24-22-38-20-18-36-16-14-34-12-10-32-8-6-29(30)28(3)4/h27-28H,5-26H2,1-4H3. The Bertz CT molecular complexity index is 506. The van der Waals surface area contributed by atoms with Crippen LogP contribution >= 0.6 is 0 Å². The normalized spacial score (nSPS) is 11.8. The zero-order valence-electron chi connectivity index (χ0n) is 25.7. The van der Waals surface area contributed by atoms with Gasteiger partial charge in [0.2, 0.25) is 0 Å². The van der Waals surface area contributed by atoms with Crippen molar-refractivity contribution < 1.29 is 52.2 Å². The van der Waals surface area contributed by atoms with Gasteiger partial charge in [-0.25, -0.2) is 0 Å². The fourth-order valence-corrected chi connectivity index (χ4v) is 2.86. The number of carbonyl (C=O) groups excluding carboxylic acids is 1. The molecule has 11 nitrogen and oxygen atoms in total. The van der Waals surface area contributed by atoms with E-state index in [0.717, 1.165) is 13.0 Å². The van der Waals surface area contributed by atoms with E-state index in [0.29, 0.717) is 138 Å². The molecular formula is C29H58O11. The molecule has 0 spiro atoms. The summed E-state index contributed by atoms with van der Waals surface area (Å²) in [4.78, 5) is 11.5. The Morgan fingerprint density at radius 1 is 0.375 bits per heavy atom. The van der Waals surface area contributed by atoms with Crippen LogP contribution in [0.25, 0.3) is 0 Å². The second kappa shape index (κ2) is 32.8. The summed E-state index contributed by atoms with van der Waals surface area (Å²) < 4.78 is 54.5. The minimum absolute atomic E-state index is 0.0640. The highest BCUT2D eigenvalue weighted by Gasteiger charge is 2.06. The summed E-state index contributed by atoms with van der Waals surface area (Å²) in [6, 6.07) is 0. The fourth-order valence-electron chi connectivity index (χ4n) is 2.86. The average molecular weight is 583 g/mol. The third-order valence-corrected chi connectivity index (χ3v) is 5.32. The molecule has 0 fully saturated rings. The van der Waals surface area contributed by atoms with E-state index in [1.54, 1.807) is 0 Å². The molecular weight excluding hydrogens is 524 g/mol. The highest BCUT2D eigenvalue weighted by Crippen LogP contribution is 1.99. The predicted octanol–water partition coefficient (Wildman–Crippen LogP) is 2.81. The Balaban J connectivity index is 3.06. The molecule has 11 heteroatoms. The molecule has 0 aliphatic heterocycles. The number of hydrogen-bond donors (Lipinski definition) is 0. The molecule has 0 aromatic carbocycles. The van der Waals surface area contributed by atoms with Crippen molar-refractivity contribution in [1.29, 1.82) is 0 Å². The molecule has 240 valence electrons. The molecule has 0 atom stereocenters. The lowest BCUT2D eigenvalue weighted by atomic mass is 10.1. The van der Waals surface area contributed by atoms with Gasteiger partial charge in [-0.3, -0.25) is 4.79 Å². The van der Waals surface area contributed by atoms with Crippen LogP contribution in [0, 0.1) is 11.8 Å². The molecule has 0 radical (unpaired) electrons. The van der Waals surface area contributed by atoms with Crippen LogP contribution in [-0.2, 0) is 52.2 Å². The van der Waals surface area contributed by atoms with Crippen LogP contribution in [-0.4, -0.2) is 138 Å². The summed E-state index contributed by atoms with van der Waals surface area (Å²) in [7, 11) is 0. The van der Waals surface area contributed by atoms with E-state index in [4.69, 9.17) is 47.4 Å². The highest BCUT2D eigenvalue weighted by atomic mass is 16.6. The monoisotopic (exact) mass is 582 g/mol. The van der Waals surface area contributed by atoms with E-state index in [-0.39, 0.29) is 11.7 Å². The van der Waals surface area contributed by atoms with Crippen molar-refractivity contribution in [3.8, 4) is 0 Å². The van der Waals surface area contributed by atoms with Gasteiger partial charge >= 0.3 is 0 Å². The molecule has 0 aromatic rings. The molecule has 0 rings (SSSR count). The molecule has 0 saturated carbocycles. The Hall–Kier alpha value is -0.730. The van der Waals surface area contributed by atoms with Crippen molar-refractivity contribution in [2.75, 3.05) is 132 Å². The first-order chi connectivity index (χ1) is 19.5. The second-order valence-electron chi connectivity index (χ2n) is 9.68. The fraction of sp³-hybridized carbons (Fsp3) is 0.966. The van der Waals surface area contributed by atoms with Crippen LogP contribution in [0.5, 0.6) is 0 Å². The first-order valence-electron chi connectivity index (χ1n) is 14.8. The van der Waals surface area contributed by atoms with E-state index in [1.807, 2.05) is 13.8 Å². The topological polar surface area (TPSA) is 109 Å². The van der Waals surface area contributed by atoms with Gasteiger partial charge in [-0.05, 0) is 12.3 Å². The number of carbonyl (C=O) groups is 1. The van der Waals surface area contributed by atoms with Crippen LogP contribution in [0.4, 0.5) is 0 Å². The van der Waals surface area contributed by atoms with E-state index in [9.17, 15) is 4.79 Å². The van der Waals surface area contributed by atoms with E-state index < -0.39 is 0 Å². The summed E-state index contributed by atoms with van der Waals surface area (Å²) in [5, 5.41) is 0. The highest BCUT2D eigenvalue weighted by molar-refractivity contribution is 5.80. The van der Waals surface area contributed by atoms with Gasteiger partial charge in [-0.15, -0.1) is 0 Å². The van der Waals surface area contributed by atoms with Gasteiger partial charge in [0.25, 0.3) is 0 Å². The van der Waals surface area contributed by atoms with Gasteiger partial charge in [0, 0.05) is 18.9 Å². The predicted molar refractivity (Wildman–Crippen MR) is 152 cm³/mol. The minimum Gasteiger partial charge on any atom is -0.379 e. The lowest BCUT2D eigenvalue weighted by Crippen LogP contribution is -2.15. The maximum atomic E-state index is 11.5. The number of Topliss-reactive ketones (excluding diaryl/α,β-unsaturated/α-hetero) is 1. The summed E-state index contributed by atoms with van der Waals surface area (Å²) in [5.74, 6) is 0.955. The molecule has 40 heavy (non-hydrogen) atoms. The molecule has 0 amide bonds. The Morgan fingerprint density at radius 2 is 0.600 bits per heavy atom. The van der Waals surface area contributed by atoms with Gasteiger partial charge in [0.05, 0.1) is 126 Å². The smallest absolute Gasteiger partial charge is 0.137 e. The molecule has 0 saturated heterocycles. The molecule has 0 bridgehead atoms. The molecule has 0 aliphatic rings. The van der Waals surface area contributed by atoms with Gasteiger partial charge < -0.3 is 47.4 Å². The lowest BCUT2D eigenvalue weighted by molar-refractivity contribution is -0.123. The molecule has 0 N–H and O–H groups in total.